The van der Waals surface area contributed by atoms with Gasteiger partial charge in [0.2, 0.25) is 5.91 Å². The predicted octanol–water partition coefficient (Wildman–Crippen LogP) is 1.51. The minimum atomic E-state index is -0.215. The highest BCUT2D eigenvalue weighted by Crippen LogP contribution is 2.24. The predicted molar refractivity (Wildman–Crippen MR) is 62.2 cm³/mol. The van der Waals surface area contributed by atoms with Crippen LogP contribution in [0.3, 0.4) is 0 Å². The number of nitrogens with zero attached hydrogens (tertiary/aromatic N) is 1. The Balaban J connectivity index is 2.04. The number of likely N-dealkylation sites (tertiary alicyclic amines) is 1. The van der Waals surface area contributed by atoms with Crippen LogP contribution in [-0.2, 0) is 11.3 Å². The van der Waals surface area contributed by atoms with Crippen LogP contribution in [0.1, 0.15) is 12.0 Å². The normalized spacial score (nSPS) is 21.0. The molecule has 1 aromatic rings. The fraction of sp³-hybridized carbons (Fsp3) is 0.364. The Morgan fingerprint density at radius 3 is 2.80 bits per heavy atom. The van der Waals surface area contributed by atoms with Gasteiger partial charge in [0, 0.05) is 17.6 Å². The van der Waals surface area contributed by atoms with E-state index in [1.165, 1.54) is 5.56 Å². The highest BCUT2D eigenvalue weighted by molar-refractivity contribution is 9.10. The number of hydrogen-bond donors (Lipinski definition) is 1. The first-order chi connectivity index (χ1) is 7.18. The number of rotatable bonds is 3. The van der Waals surface area contributed by atoms with E-state index in [-0.39, 0.29) is 11.9 Å². The van der Waals surface area contributed by atoms with Gasteiger partial charge in [-0.05, 0) is 18.1 Å². The van der Waals surface area contributed by atoms with E-state index in [2.05, 4.69) is 26.9 Å². The molecular formula is C11H13BrN2O. The number of benzene rings is 1. The second-order valence-electron chi connectivity index (χ2n) is 3.77. The average molecular weight is 269 g/mol. The maximum atomic E-state index is 11.0. The molecule has 3 nitrogen and oxygen atoms in total. The summed E-state index contributed by atoms with van der Waals surface area (Å²) in [5.74, 6) is -0.215. The largest absolute Gasteiger partial charge is 0.368 e. The lowest BCUT2D eigenvalue weighted by molar-refractivity contribution is -0.127. The van der Waals surface area contributed by atoms with Gasteiger partial charge in [0.25, 0.3) is 0 Å². The van der Waals surface area contributed by atoms with Crippen molar-refractivity contribution in [3.8, 4) is 0 Å². The molecule has 0 spiro atoms. The van der Waals surface area contributed by atoms with E-state index in [1.807, 2.05) is 18.2 Å². The molecule has 0 aromatic heterocycles. The summed E-state index contributed by atoms with van der Waals surface area (Å²) < 4.78 is 1.08. The first-order valence-electron chi connectivity index (χ1n) is 4.95. The zero-order valence-electron chi connectivity index (χ0n) is 8.32. The molecule has 1 heterocycles. The topological polar surface area (TPSA) is 46.3 Å². The second kappa shape index (κ2) is 4.33. The quantitative estimate of drug-likeness (QED) is 0.904. The molecule has 1 aliphatic rings. The zero-order valence-corrected chi connectivity index (χ0v) is 9.90. The van der Waals surface area contributed by atoms with E-state index in [1.54, 1.807) is 0 Å². The number of nitrogens with two attached hydrogens (primary N) is 1. The Morgan fingerprint density at radius 2 is 2.27 bits per heavy atom. The molecule has 15 heavy (non-hydrogen) atoms. The Labute approximate surface area is 97.4 Å². The van der Waals surface area contributed by atoms with Crippen molar-refractivity contribution in [1.29, 1.82) is 0 Å². The first-order valence-corrected chi connectivity index (χ1v) is 5.74. The third-order valence-corrected chi connectivity index (χ3v) is 3.56. The summed E-state index contributed by atoms with van der Waals surface area (Å²) in [6.45, 7) is 1.74. The summed E-state index contributed by atoms with van der Waals surface area (Å²) in [5, 5.41) is 0. The smallest absolute Gasteiger partial charge is 0.234 e. The van der Waals surface area contributed by atoms with Gasteiger partial charge in [-0.3, -0.25) is 9.69 Å². The summed E-state index contributed by atoms with van der Waals surface area (Å²) in [5.41, 5.74) is 6.49. The van der Waals surface area contributed by atoms with Crippen LogP contribution in [0, 0.1) is 0 Å². The van der Waals surface area contributed by atoms with Crippen molar-refractivity contribution in [2.75, 3.05) is 6.54 Å². The lowest BCUT2D eigenvalue weighted by atomic mass is 10.0. The lowest BCUT2D eigenvalue weighted by Crippen LogP contribution is -2.54. The van der Waals surface area contributed by atoms with Crippen molar-refractivity contribution >= 4 is 21.8 Å². The van der Waals surface area contributed by atoms with Crippen molar-refractivity contribution in [1.82, 2.24) is 4.90 Å². The number of amides is 1. The van der Waals surface area contributed by atoms with Crippen LogP contribution >= 0.6 is 15.9 Å². The molecule has 4 heteroatoms. The van der Waals surface area contributed by atoms with Crippen LogP contribution in [0.25, 0.3) is 0 Å². The molecule has 1 fully saturated rings. The minimum Gasteiger partial charge on any atom is -0.368 e. The van der Waals surface area contributed by atoms with Gasteiger partial charge < -0.3 is 5.73 Å². The van der Waals surface area contributed by atoms with Crippen LogP contribution in [0.4, 0.5) is 0 Å². The molecule has 0 radical (unpaired) electrons. The van der Waals surface area contributed by atoms with Gasteiger partial charge in [0.05, 0.1) is 6.04 Å². The van der Waals surface area contributed by atoms with E-state index in [9.17, 15) is 4.79 Å². The highest BCUT2D eigenvalue weighted by Gasteiger charge is 2.32. The molecule has 1 saturated heterocycles. The molecular weight excluding hydrogens is 256 g/mol. The summed E-state index contributed by atoms with van der Waals surface area (Å²) in [7, 11) is 0. The van der Waals surface area contributed by atoms with Crippen molar-refractivity contribution < 1.29 is 4.79 Å². The van der Waals surface area contributed by atoms with Crippen molar-refractivity contribution in [3.63, 3.8) is 0 Å². The number of halogens is 1. The maximum absolute atomic E-state index is 11.0. The molecule has 1 aliphatic heterocycles. The van der Waals surface area contributed by atoms with Gasteiger partial charge in [-0.25, -0.2) is 0 Å². The number of primary amides is 1. The monoisotopic (exact) mass is 268 g/mol. The Kier molecular flexibility index (Phi) is 3.07. The van der Waals surface area contributed by atoms with Gasteiger partial charge in [-0.15, -0.1) is 0 Å². The van der Waals surface area contributed by atoms with Gasteiger partial charge in [0.15, 0.2) is 0 Å². The molecule has 1 amide bonds. The van der Waals surface area contributed by atoms with E-state index >= 15 is 0 Å². The molecule has 1 aromatic carbocycles. The Morgan fingerprint density at radius 1 is 1.53 bits per heavy atom. The van der Waals surface area contributed by atoms with E-state index in [0.29, 0.717) is 0 Å². The van der Waals surface area contributed by atoms with Crippen LogP contribution in [0.15, 0.2) is 28.7 Å². The highest BCUT2D eigenvalue weighted by atomic mass is 79.9. The molecule has 2 N–H and O–H groups in total. The fourth-order valence-electron chi connectivity index (χ4n) is 1.80. The SMILES string of the molecule is NC(=O)[C@@H]1CCN1Cc1ccccc1Br. The van der Waals surface area contributed by atoms with Crippen LogP contribution in [0.5, 0.6) is 0 Å². The van der Waals surface area contributed by atoms with Crippen molar-refractivity contribution in [3.05, 3.63) is 34.3 Å². The summed E-state index contributed by atoms with van der Waals surface area (Å²) >= 11 is 3.49. The van der Waals surface area contributed by atoms with Crippen LogP contribution in [-0.4, -0.2) is 23.4 Å². The number of hydrogen-bond acceptors (Lipinski definition) is 2. The average Bonchev–Trinajstić information content (AvgIpc) is 2.13. The standard InChI is InChI=1S/C11H13BrN2O/c12-9-4-2-1-3-8(9)7-14-6-5-10(14)11(13)15/h1-4,10H,5-7H2,(H2,13,15)/t10-/m0/s1. The molecule has 80 valence electrons. The summed E-state index contributed by atoms with van der Waals surface area (Å²) in [6.07, 6.45) is 0.889. The lowest BCUT2D eigenvalue weighted by Gasteiger charge is -2.38. The summed E-state index contributed by atoms with van der Waals surface area (Å²) in [6, 6.07) is 7.97. The first kappa shape index (κ1) is 10.6. The van der Waals surface area contributed by atoms with E-state index < -0.39 is 0 Å². The van der Waals surface area contributed by atoms with Crippen LogP contribution < -0.4 is 5.73 Å². The molecule has 0 saturated carbocycles. The number of carbonyl (C=O) groups excluding carboxylic acids is 1. The molecule has 1 atom stereocenters. The zero-order chi connectivity index (χ0) is 10.8. The van der Waals surface area contributed by atoms with E-state index in [4.69, 9.17) is 5.73 Å². The van der Waals surface area contributed by atoms with Gasteiger partial charge >= 0.3 is 0 Å². The molecule has 0 aliphatic carbocycles. The molecule has 0 unspecified atom stereocenters. The maximum Gasteiger partial charge on any atom is 0.234 e. The molecule has 2 rings (SSSR count). The van der Waals surface area contributed by atoms with Crippen molar-refractivity contribution in [2.45, 2.75) is 19.0 Å². The Bertz CT molecular complexity index is 381. The molecule has 0 bridgehead atoms. The van der Waals surface area contributed by atoms with E-state index in [0.717, 1.165) is 24.0 Å². The summed E-state index contributed by atoms with van der Waals surface area (Å²) in [4.78, 5) is 13.1. The fourth-order valence-corrected chi connectivity index (χ4v) is 2.21. The van der Waals surface area contributed by atoms with Crippen molar-refractivity contribution in [2.24, 2.45) is 5.73 Å². The second-order valence-corrected chi connectivity index (χ2v) is 4.62. The number of carbonyl (C=O) groups is 1. The van der Waals surface area contributed by atoms with Gasteiger partial charge in [-0.2, -0.15) is 0 Å². The van der Waals surface area contributed by atoms with Gasteiger partial charge in [0.1, 0.15) is 0 Å². The van der Waals surface area contributed by atoms with Crippen LogP contribution in [0.2, 0.25) is 0 Å². The third kappa shape index (κ3) is 2.21. The Hall–Kier alpha value is -0.870. The minimum absolute atomic E-state index is 0.0721. The third-order valence-electron chi connectivity index (χ3n) is 2.79. The van der Waals surface area contributed by atoms with Gasteiger partial charge in [-0.1, -0.05) is 34.1 Å².